The number of guanidine groups is 1. The minimum absolute atomic E-state index is 0.523. The van der Waals surface area contributed by atoms with Crippen molar-refractivity contribution >= 4 is 11.8 Å². The maximum atomic E-state index is 5.55. The Morgan fingerprint density at radius 1 is 1.14 bits per heavy atom. The Labute approximate surface area is 176 Å². The third kappa shape index (κ3) is 8.58. The Hall–Kier alpha value is -1.86. The zero-order valence-electron chi connectivity index (χ0n) is 18.5. The van der Waals surface area contributed by atoms with Crippen molar-refractivity contribution in [2.24, 2.45) is 10.9 Å². The lowest BCUT2D eigenvalue weighted by molar-refractivity contribution is 0.00272. The van der Waals surface area contributed by atoms with Gasteiger partial charge in [0.15, 0.2) is 5.96 Å². The molecular weight excluding hydrogens is 364 g/mol. The number of ether oxygens (including phenoxy) is 1. The van der Waals surface area contributed by atoms with Crippen molar-refractivity contribution in [1.82, 2.24) is 20.5 Å². The number of rotatable bonds is 12. The molecule has 1 fully saturated rings. The van der Waals surface area contributed by atoms with E-state index in [4.69, 9.17) is 4.74 Å². The number of aliphatic imine (C=N–C) groups is 1. The van der Waals surface area contributed by atoms with Gasteiger partial charge in [0.05, 0.1) is 13.2 Å². The van der Waals surface area contributed by atoms with Crippen LogP contribution in [0.1, 0.15) is 39.5 Å². The van der Waals surface area contributed by atoms with Crippen molar-refractivity contribution in [1.29, 1.82) is 0 Å². The second-order valence-electron chi connectivity index (χ2n) is 7.52. The first-order chi connectivity index (χ1) is 14.3. The van der Waals surface area contributed by atoms with E-state index in [0.717, 1.165) is 70.6 Å². The van der Waals surface area contributed by atoms with E-state index >= 15 is 0 Å². The van der Waals surface area contributed by atoms with Crippen molar-refractivity contribution < 1.29 is 4.74 Å². The highest BCUT2D eigenvalue weighted by Gasteiger charge is 2.26. The molecule has 1 atom stereocenters. The van der Waals surface area contributed by atoms with Crippen molar-refractivity contribution in [3.8, 4) is 0 Å². The largest absolute Gasteiger partial charge is 0.379 e. The Morgan fingerprint density at radius 3 is 2.55 bits per heavy atom. The van der Waals surface area contributed by atoms with Gasteiger partial charge in [-0.15, -0.1) is 0 Å². The zero-order chi connectivity index (χ0) is 20.7. The number of unbranched alkanes of at least 4 members (excludes halogenated alkanes) is 1. The molecule has 1 saturated heterocycles. The fourth-order valence-corrected chi connectivity index (χ4v) is 3.90. The number of hydrogen-bond donors (Lipinski definition) is 3. The number of pyridine rings is 1. The van der Waals surface area contributed by atoms with Crippen LogP contribution in [0, 0.1) is 5.92 Å². The van der Waals surface area contributed by atoms with Crippen LogP contribution in [0.5, 0.6) is 0 Å². The summed E-state index contributed by atoms with van der Waals surface area (Å²) in [4.78, 5) is 11.3. The standard InChI is InChI=1S/C22H40N6O/c1-4-19(5-2)20(28-14-16-29-17-15-28)18-27-22(23-3)26-13-9-8-12-25-21-10-6-7-11-24-21/h6-7,10-11,19-20H,4-5,8-9,12-18H2,1-3H3,(H,24,25)(H2,23,26,27). The van der Waals surface area contributed by atoms with Gasteiger partial charge in [-0.2, -0.15) is 0 Å². The van der Waals surface area contributed by atoms with Crippen LogP contribution < -0.4 is 16.0 Å². The topological polar surface area (TPSA) is 73.8 Å². The first-order valence-electron chi connectivity index (χ1n) is 11.2. The molecule has 1 aromatic heterocycles. The SMILES string of the molecule is CCC(CC)C(CNC(=NC)NCCCCNc1ccccn1)N1CCOCC1. The van der Waals surface area contributed by atoms with Crippen molar-refractivity contribution in [3.63, 3.8) is 0 Å². The first kappa shape index (κ1) is 23.4. The molecule has 164 valence electrons. The lowest BCUT2D eigenvalue weighted by atomic mass is 9.92. The molecule has 0 aromatic carbocycles. The van der Waals surface area contributed by atoms with E-state index in [1.165, 1.54) is 12.8 Å². The summed E-state index contributed by atoms with van der Waals surface area (Å²) in [5.74, 6) is 2.52. The molecule has 1 aliphatic rings. The molecule has 3 N–H and O–H groups in total. The summed E-state index contributed by atoms with van der Waals surface area (Å²) in [6.45, 7) is 11.1. The second kappa shape index (κ2) is 14.2. The molecule has 7 nitrogen and oxygen atoms in total. The number of hydrogen-bond acceptors (Lipinski definition) is 5. The molecule has 29 heavy (non-hydrogen) atoms. The highest BCUT2D eigenvalue weighted by atomic mass is 16.5. The third-order valence-electron chi connectivity index (χ3n) is 5.68. The monoisotopic (exact) mass is 404 g/mol. The molecule has 0 amide bonds. The lowest BCUT2D eigenvalue weighted by Crippen LogP contribution is -2.53. The van der Waals surface area contributed by atoms with E-state index in [0.29, 0.717) is 12.0 Å². The minimum Gasteiger partial charge on any atom is -0.379 e. The summed E-state index contributed by atoms with van der Waals surface area (Å²) < 4.78 is 5.55. The van der Waals surface area contributed by atoms with Gasteiger partial charge in [0, 0.05) is 52.0 Å². The molecule has 0 radical (unpaired) electrons. The summed E-state index contributed by atoms with van der Waals surface area (Å²) in [5.41, 5.74) is 0. The predicted molar refractivity (Wildman–Crippen MR) is 122 cm³/mol. The number of nitrogens with zero attached hydrogens (tertiary/aromatic N) is 3. The van der Waals surface area contributed by atoms with E-state index in [-0.39, 0.29) is 0 Å². The van der Waals surface area contributed by atoms with Gasteiger partial charge in [-0.05, 0) is 30.9 Å². The molecule has 0 bridgehead atoms. The number of nitrogens with one attached hydrogen (secondary N) is 3. The zero-order valence-corrected chi connectivity index (χ0v) is 18.5. The van der Waals surface area contributed by atoms with Gasteiger partial charge in [-0.3, -0.25) is 9.89 Å². The van der Waals surface area contributed by atoms with Gasteiger partial charge in [-0.1, -0.05) is 32.8 Å². The summed E-state index contributed by atoms with van der Waals surface area (Å²) >= 11 is 0. The highest BCUT2D eigenvalue weighted by Crippen LogP contribution is 2.19. The van der Waals surface area contributed by atoms with Crippen molar-refractivity contribution in [2.75, 3.05) is 58.3 Å². The number of anilines is 1. The van der Waals surface area contributed by atoms with E-state index in [2.05, 4.69) is 44.7 Å². The first-order valence-corrected chi connectivity index (χ1v) is 11.2. The van der Waals surface area contributed by atoms with Crippen LogP contribution >= 0.6 is 0 Å². The molecule has 1 aliphatic heterocycles. The van der Waals surface area contributed by atoms with Crippen molar-refractivity contribution in [2.45, 2.75) is 45.6 Å². The Balaban J connectivity index is 1.68. The molecular formula is C22H40N6O. The van der Waals surface area contributed by atoms with E-state index < -0.39 is 0 Å². The minimum atomic E-state index is 0.523. The molecule has 2 heterocycles. The second-order valence-corrected chi connectivity index (χ2v) is 7.52. The quantitative estimate of drug-likeness (QED) is 0.282. The number of aromatic nitrogens is 1. The van der Waals surface area contributed by atoms with E-state index in [1.807, 2.05) is 31.4 Å². The highest BCUT2D eigenvalue weighted by molar-refractivity contribution is 5.79. The number of morpholine rings is 1. The van der Waals surface area contributed by atoms with E-state index in [9.17, 15) is 0 Å². The van der Waals surface area contributed by atoms with Gasteiger partial charge in [0.1, 0.15) is 5.82 Å². The van der Waals surface area contributed by atoms with Crippen LogP contribution in [0.4, 0.5) is 5.82 Å². The average Bonchev–Trinajstić information content (AvgIpc) is 2.78. The predicted octanol–water partition coefficient (Wildman–Crippen LogP) is 2.58. The summed E-state index contributed by atoms with van der Waals surface area (Å²) in [6, 6.07) is 6.45. The molecule has 2 rings (SSSR count). The third-order valence-corrected chi connectivity index (χ3v) is 5.68. The Morgan fingerprint density at radius 2 is 1.90 bits per heavy atom. The van der Waals surface area contributed by atoms with Crippen LogP contribution in [-0.2, 0) is 4.74 Å². The van der Waals surface area contributed by atoms with Gasteiger partial charge < -0.3 is 20.7 Å². The van der Waals surface area contributed by atoms with Gasteiger partial charge in [0.25, 0.3) is 0 Å². The maximum Gasteiger partial charge on any atom is 0.191 e. The van der Waals surface area contributed by atoms with Crippen LogP contribution in [0.25, 0.3) is 0 Å². The lowest BCUT2D eigenvalue weighted by Gasteiger charge is -2.39. The van der Waals surface area contributed by atoms with Crippen LogP contribution in [0.15, 0.2) is 29.4 Å². The fraction of sp³-hybridized carbons (Fsp3) is 0.727. The van der Waals surface area contributed by atoms with Crippen LogP contribution in [-0.4, -0.2) is 74.9 Å². The average molecular weight is 405 g/mol. The van der Waals surface area contributed by atoms with Gasteiger partial charge in [-0.25, -0.2) is 4.98 Å². The Kier molecular flexibility index (Phi) is 11.4. The molecule has 0 spiro atoms. The van der Waals surface area contributed by atoms with E-state index in [1.54, 1.807) is 0 Å². The van der Waals surface area contributed by atoms with Crippen LogP contribution in [0.2, 0.25) is 0 Å². The molecule has 1 aromatic rings. The fourth-order valence-electron chi connectivity index (χ4n) is 3.90. The Bertz CT molecular complexity index is 558. The molecule has 0 aliphatic carbocycles. The smallest absolute Gasteiger partial charge is 0.191 e. The molecule has 7 heteroatoms. The van der Waals surface area contributed by atoms with Crippen LogP contribution in [0.3, 0.4) is 0 Å². The normalized spacial score (nSPS) is 16.6. The maximum absolute atomic E-state index is 5.55. The summed E-state index contributed by atoms with van der Waals surface area (Å²) in [7, 11) is 1.85. The molecule has 0 saturated carbocycles. The van der Waals surface area contributed by atoms with Crippen molar-refractivity contribution in [3.05, 3.63) is 24.4 Å². The summed E-state index contributed by atoms with van der Waals surface area (Å²) in [6.07, 6.45) is 6.39. The summed E-state index contributed by atoms with van der Waals surface area (Å²) in [5, 5.41) is 10.4. The van der Waals surface area contributed by atoms with Gasteiger partial charge >= 0.3 is 0 Å². The van der Waals surface area contributed by atoms with Gasteiger partial charge in [0.2, 0.25) is 0 Å². The molecule has 1 unspecified atom stereocenters.